The van der Waals surface area contributed by atoms with E-state index in [2.05, 4.69) is 25.3 Å². The van der Waals surface area contributed by atoms with Crippen LogP contribution in [-0.4, -0.2) is 39.1 Å². The predicted molar refractivity (Wildman–Crippen MR) is 82.6 cm³/mol. The lowest BCUT2D eigenvalue weighted by atomic mass is 10.1. The molecule has 1 N–H and O–H groups in total. The SMILES string of the molecule is Cc1ncnc(N2CCCC(Nc3cc(C(F)(F)F)ncn3)C2)c1F. The summed E-state index contributed by atoms with van der Waals surface area (Å²) in [6, 6.07) is 0.688. The van der Waals surface area contributed by atoms with E-state index in [9.17, 15) is 17.6 Å². The van der Waals surface area contributed by atoms with Crippen LogP contribution in [0.2, 0.25) is 0 Å². The highest BCUT2D eigenvalue weighted by Crippen LogP contribution is 2.29. The fourth-order valence-electron chi connectivity index (χ4n) is 2.75. The molecule has 0 saturated carbocycles. The number of hydrogen-bond acceptors (Lipinski definition) is 6. The number of aryl methyl sites for hydroxylation is 1. The lowest BCUT2D eigenvalue weighted by Gasteiger charge is -2.34. The minimum Gasteiger partial charge on any atom is -0.365 e. The zero-order chi connectivity index (χ0) is 18.0. The Hall–Kier alpha value is -2.52. The largest absolute Gasteiger partial charge is 0.433 e. The third kappa shape index (κ3) is 3.94. The summed E-state index contributed by atoms with van der Waals surface area (Å²) in [5.41, 5.74) is -0.749. The molecule has 10 heteroatoms. The van der Waals surface area contributed by atoms with Crippen molar-refractivity contribution in [3.63, 3.8) is 0 Å². The molecule has 6 nitrogen and oxygen atoms in total. The molecule has 3 heterocycles. The Kier molecular flexibility index (Phi) is 4.69. The average molecular weight is 356 g/mol. The van der Waals surface area contributed by atoms with Crippen molar-refractivity contribution in [1.82, 2.24) is 19.9 Å². The van der Waals surface area contributed by atoms with E-state index in [1.165, 1.54) is 6.33 Å². The number of halogens is 4. The quantitative estimate of drug-likeness (QED) is 0.853. The number of hydrogen-bond donors (Lipinski definition) is 1. The summed E-state index contributed by atoms with van der Waals surface area (Å²) >= 11 is 0. The van der Waals surface area contributed by atoms with Crippen molar-refractivity contribution in [2.45, 2.75) is 32.0 Å². The predicted octanol–water partition coefficient (Wildman–Crippen LogP) is 2.81. The fraction of sp³-hybridized carbons (Fsp3) is 0.467. The Morgan fingerprint density at radius 2 is 1.92 bits per heavy atom. The van der Waals surface area contributed by atoms with Crippen LogP contribution < -0.4 is 10.2 Å². The summed E-state index contributed by atoms with van der Waals surface area (Å²) in [7, 11) is 0. The van der Waals surface area contributed by atoms with Gasteiger partial charge in [0.25, 0.3) is 0 Å². The Morgan fingerprint density at radius 3 is 2.68 bits per heavy atom. The molecule has 1 saturated heterocycles. The number of nitrogens with zero attached hydrogens (tertiary/aromatic N) is 5. The van der Waals surface area contributed by atoms with Crippen molar-refractivity contribution < 1.29 is 17.6 Å². The molecule has 3 rings (SSSR count). The van der Waals surface area contributed by atoms with E-state index in [4.69, 9.17) is 0 Å². The van der Waals surface area contributed by atoms with Crippen LogP contribution in [0.3, 0.4) is 0 Å². The van der Waals surface area contributed by atoms with Crippen molar-refractivity contribution in [3.8, 4) is 0 Å². The van der Waals surface area contributed by atoms with Crippen molar-refractivity contribution in [2.75, 3.05) is 23.3 Å². The molecule has 0 bridgehead atoms. The van der Waals surface area contributed by atoms with Gasteiger partial charge in [-0.1, -0.05) is 0 Å². The molecular formula is C15H16F4N6. The van der Waals surface area contributed by atoms with Crippen LogP contribution in [0.1, 0.15) is 24.2 Å². The van der Waals surface area contributed by atoms with Gasteiger partial charge in [-0.2, -0.15) is 13.2 Å². The standard InChI is InChI=1S/C15H16F4N6/c1-9-13(16)14(23-7-20-9)25-4-2-3-10(6-25)24-12-5-11(15(17,18)19)21-8-22-12/h5,7-8,10H,2-4,6H2,1H3,(H,21,22,24). The van der Waals surface area contributed by atoms with Crippen molar-refractivity contribution in [3.05, 3.63) is 35.9 Å². The summed E-state index contributed by atoms with van der Waals surface area (Å²) in [4.78, 5) is 16.6. The first-order valence-electron chi connectivity index (χ1n) is 7.72. The average Bonchev–Trinajstić information content (AvgIpc) is 2.57. The Bertz CT molecular complexity index is 751. The van der Waals surface area contributed by atoms with Crippen LogP contribution in [-0.2, 0) is 6.18 Å². The first kappa shape index (κ1) is 17.3. The van der Waals surface area contributed by atoms with Gasteiger partial charge in [-0.3, -0.25) is 0 Å². The summed E-state index contributed by atoms with van der Waals surface area (Å²) in [6.45, 7) is 2.57. The first-order valence-corrected chi connectivity index (χ1v) is 7.72. The maximum atomic E-state index is 14.2. The van der Waals surface area contributed by atoms with E-state index >= 15 is 0 Å². The molecule has 134 valence electrons. The topological polar surface area (TPSA) is 66.8 Å². The highest BCUT2D eigenvalue weighted by Gasteiger charge is 2.33. The van der Waals surface area contributed by atoms with Gasteiger partial charge in [-0.25, -0.2) is 24.3 Å². The van der Waals surface area contributed by atoms with E-state index in [0.717, 1.165) is 25.2 Å². The van der Waals surface area contributed by atoms with Crippen molar-refractivity contribution in [1.29, 1.82) is 0 Å². The summed E-state index contributed by atoms with van der Waals surface area (Å²) in [5, 5.41) is 2.97. The molecule has 0 radical (unpaired) electrons. The van der Waals surface area contributed by atoms with Gasteiger partial charge in [0.05, 0.1) is 5.69 Å². The second kappa shape index (κ2) is 6.77. The molecule has 1 atom stereocenters. The van der Waals surface area contributed by atoms with Gasteiger partial charge in [0.1, 0.15) is 24.2 Å². The zero-order valence-electron chi connectivity index (χ0n) is 13.4. The van der Waals surface area contributed by atoms with Crippen LogP contribution in [0, 0.1) is 12.7 Å². The molecule has 0 amide bonds. The Balaban J connectivity index is 1.73. The van der Waals surface area contributed by atoms with Gasteiger partial charge in [0.15, 0.2) is 11.6 Å². The minimum absolute atomic E-state index is 0.0912. The third-order valence-corrected chi connectivity index (χ3v) is 3.98. The monoisotopic (exact) mass is 356 g/mol. The number of aromatic nitrogens is 4. The van der Waals surface area contributed by atoms with Gasteiger partial charge in [-0.15, -0.1) is 0 Å². The summed E-state index contributed by atoms with van der Waals surface area (Å²) in [5.74, 6) is -0.185. The lowest BCUT2D eigenvalue weighted by Crippen LogP contribution is -2.43. The molecular weight excluding hydrogens is 340 g/mol. The normalized spacial score (nSPS) is 18.3. The molecule has 25 heavy (non-hydrogen) atoms. The molecule has 2 aromatic rings. The maximum Gasteiger partial charge on any atom is 0.433 e. The van der Waals surface area contributed by atoms with Gasteiger partial charge in [0, 0.05) is 25.2 Å². The molecule has 1 unspecified atom stereocenters. The molecule has 1 aliphatic heterocycles. The van der Waals surface area contributed by atoms with E-state index in [-0.39, 0.29) is 23.4 Å². The van der Waals surface area contributed by atoms with E-state index in [1.54, 1.807) is 11.8 Å². The molecule has 0 aliphatic carbocycles. The van der Waals surface area contributed by atoms with Crippen molar-refractivity contribution >= 4 is 11.6 Å². The van der Waals surface area contributed by atoms with Crippen LogP contribution in [0.15, 0.2) is 18.7 Å². The van der Waals surface area contributed by atoms with Gasteiger partial charge < -0.3 is 10.2 Å². The van der Waals surface area contributed by atoms with Gasteiger partial charge >= 0.3 is 6.18 Å². The van der Waals surface area contributed by atoms with Gasteiger partial charge in [-0.05, 0) is 19.8 Å². The number of alkyl halides is 3. The van der Waals surface area contributed by atoms with E-state index < -0.39 is 17.7 Å². The van der Waals surface area contributed by atoms with Crippen LogP contribution in [0.5, 0.6) is 0 Å². The lowest BCUT2D eigenvalue weighted by molar-refractivity contribution is -0.141. The second-order valence-corrected chi connectivity index (χ2v) is 5.81. The van der Waals surface area contributed by atoms with Crippen LogP contribution >= 0.6 is 0 Å². The molecule has 1 aliphatic rings. The van der Waals surface area contributed by atoms with Crippen molar-refractivity contribution in [2.24, 2.45) is 0 Å². The second-order valence-electron chi connectivity index (χ2n) is 5.81. The first-order chi connectivity index (χ1) is 11.8. The van der Waals surface area contributed by atoms with E-state index in [0.29, 0.717) is 13.1 Å². The maximum absolute atomic E-state index is 14.2. The molecule has 1 fully saturated rings. The Labute approximate surface area is 141 Å². The van der Waals surface area contributed by atoms with Crippen LogP contribution in [0.4, 0.5) is 29.2 Å². The summed E-state index contributed by atoms with van der Waals surface area (Å²) < 4.78 is 52.4. The number of anilines is 2. The highest BCUT2D eigenvalue weighted by molar-refractivity contribution is 5.43. The van der Waals surface area contributed by atoms with E-state index in [1.807, 2.05) is 0 Å². The molecule has 2 aromatic heterocycles. The summed E-state index contributed by atoms with van der Waals surface area (Å²) in [6.07, 6.45) is -0.880. The molecule has 0 spiro atoms. The minimum atomic E-state index is -4.53. The third-order valence-electron chi connectivity index (χ3n) is 3.98. The van der Waals surface area contributed by atoms with Gasteiger partial charge in [0.2, 0.25) is 0 Å². The highest BCUT2D eigenvalue weighted by atomic mass is 19.4. The fourth-order valence-corrected chi connectivity index (χ4v) is 2.75. The smallest absolute Gasteiger partial charge is 0.365 e. The number of nitrogens with one attached hydrogen (secondary N) is 1. The number of piperidine rings is 1. The Morgan fingerprint density at radius 1 is 1.16 bits per heavy atom. The number of rotatable bonds is 3. The molecule has 0 aromatic carbocycles. The zero-order valence-corrected chi connectivity index (χ0v) is 13.4. The van der Waals surface area contributed by atoms with Crippen LogP contribution in [0.25, 0.3) is 0 Å².